The number of carbonyl (C=O) groups excluding carboxylic acids is 1. The monoisotopic (exact) mass is 312 g/mol. The van der Waals surface area contributed by atoms with Gasteiger partial charge in [-0.25, -0.2) is 0 Å². The molecular weight excluding hydrogens is 292 g/mol. The Morgan fingerprint density at radius 1 is 1.35 bits per heavy atom. The topological polar surface area (TPSA) is 55.1 Å². The standard InChI is InChI=1S/C15H20N2OS.ClH/c1-10(2)7-13(9-16)17-15(18)12-3-4-14-11(8-12)5-6-19-14;/h3-6,8,10,13H,7,9,16H2,1-2H3,(H,17,18);1H. The van der Waals surface area contributed by atoms with Gasteiger partial charge in [0, 0.05) is 22.8 Å². The molecule has 0 radical (unpaired) electrons. The fraction of sp³-hybridized carbons (Fsp3) is 0.400. The van der Waals surface area contributed by atoms with Crippen LogP contribution in [0.3, 0.4) is 0 Å². The highest BCUT2D eigenvalue weighted by molar-refractivity contribution is 7.17. The lowest BCUT2D eigenvalue weighted by Crippen LogP contribution is -2.41. The summed E-state index contributed by atoms with van der Waals surface area (Å²) in [6.07, 6.45) is 0.906. The van der Waals surface area contributed by atoms with Crippen LogP contribution in [0, 0.1) is 5.92 Å². The third kappa shape index (κ3) is 4.20. The Hall–Kier alpha value is -1.10. The van der Waals surface area contributed by atoms with Crippen molar-refractivity contribution in [3.63, 3.8) is 0 Å². The average Bonchev–Trinajstić information content (AvgIpc) is 2.84. The molecule has 0 bridgehead atoms. The van der Waals surface area contributed by atoms with Crippen LogP contribution in [0.2, 0.25) is 0 Å². The number of halogens is 1. The van der Waals surface area contributed by atoms with E-state index in [2.05, 4.69) is 19.2 Å². The lowest BCUT2D eigenvalue weighted by Gasteiger charge is -2.18. The minimum absolute atomic E-state index is 0. The molecule has 1 aromatic carbocycles. The number of nitrogens with two attached hydrogens (primary N) is 1. The summed E-state index contributed by atoms with van der Waals surface area (Å²) < 4.78 is 1.20. The molecule has 0 spiro atoms. The number of carbonyl (C=O) groups is 1. The number of hydrogen-bond donors (Lipinski definition) is 2. The minimum Gasteiger partial charge on any atom is -0.348 e. The molecule has 2 aromatic rings. The molecule has 3 nitrogen and oxygen atoms in total. The molecule has 0 saturated heterocycles. The molecule has 1 aromatic heterocycles. The number of thiophene rings is 1. The second kappa shape index (κ2) is 7.62. The first kappa shape index (κ1) is 17.0. The van der Waals surface area contributed by atoms with Crippen molar-refractivity contribution in [2.45, 2.75) is 26.3 Å². The van der Waals surface area contributed by atoms with E-state index in [1.54, 1.807) is 11.3 Å². The van der Waals surface area contributed by atoms with Crippen LogP contribution in [-0.4, -0.2) is 18.5 Å². The van der Waals surface area contributed by atoms with Gasteiger partial charge < -0.3 is 11.1 Å². The molecular formula is C15H21ClN2OS. The van der Waals surface area contributed by atoms with Gasteiger partial charge in [0.25, 0.3) is 5.91 Å². The van der Waals surface area contributed by atoms with Gasteiger partial charge in [0.15, 0.2) is 0 Å². The largest absolute Gasteiger partial charge is 0.348 e. The van der Waals surface area contributed by atoms with E-state index in [9.17, 15) is 4.79 Å². The molecule has 110 valence electrons. The zero-order chi connectivity index (χ0) is 13.8. The van der Waals surface area contributed by atoms with E-state index in [4.69, 9.17) is 5.73 Å². The molecule has 0 aliphatic carbocycles. The molecule has 5 heteroatoms. The van der Waals surface area contributed by atoms with E-state index in [0.29, 0.717) is 18.0 Å². The summed E-state index contributed by atoms with van der Waals surface area (Å²) in [6.45, 7) is 4.74. The molecule has 0 aliphatic heterocycles. The van der Waals surface area contributed by atoms with Crippen LogP contribution in [0.4, 0.5) is 0 Å². The van der Waals surface area contributed by atoms with Crippen LogP contribution in [0.25, 0.3) is 10.1 Å². The molecule has 0 fully saturated rings. The Morgan fingerprint density at radius 2 is 2.10 bits per heavy atom. The smallest absolute Gasteiger partial charge is 0.251 e. The second-order valence-electron chi connectivity index (χ2n) is 5.21. The van der Waals surface area contributed by atoms with E-state index in [1.807, 2.05) is 29.6 Å². The summed E-state index contributed by atoms with van der Waals surface area (Å²) in [5.41, 5.74) is 6.41. The molecule has 0 saturated carbocycles. The van der Waals surface area contributed by atoms with Gasteiger partial charge in [-0.3, -0.25) is 4.79 Å². The molecule has 0 aliphatic rings. The first-order chi connectivity index (χ1) is 9.10. The zero-order valence-corrected chi connectivity index (χ0v) is 13.4. The van der Waals surface area contributed by atoms with Crippen LogP contribution in [-0.2, 0) is 0 Å². The molecule has 1 unspecified atom stereocenters. The van der Waals surface area contributed by atoms with Crippen LogP contribution < -0.4 is 11.1 Å². The summed E-state index contributed by atoms with van der Waals surface area (Å²) in [5.74, 6) is 0.484. The predicted octanol–water partition coefficient (Wildman–Crippen LogP) is 3.43. The fourth-order valence-electron chi connectivity index (χ4n) is 2.16. The molecule has 1 atom stereocenters. The maximum absolute atomic E-state index is 12.2. The van der Waals surface area contributed by atoms with E-state index in [1.165, 1.54) is 4.70 Å². The zero-order valence-electron chi connectivity index (χ0n) is 11.8. The molecule has 1 amide bonds. The number of amides is 1. The van der Waals surface area contributed by atoms with Crippen LogP contribution in [0.1, 0.15) is 30.6 Å². The van der Waals surface area contributed by atoms with Crippen molar-refractivity contribution in [2.24, 2.45) is 11.7 Å². The third-order valence-corrected chi connectivity index (χ3v) is 3.99. The maximum Gasteiger partial charge on any atom is 0.251 e. The Balaban J connectivity index is 0.00000200. The van der Waals surface area contributed by atoms with Crippen molar-refractivity contribution in [2.75, 3.05) is 6.54 Å². The van der Waals surface area contributed by atoms with Crippen molar-refractivity contribution >= 4 is 39.7 Å². The lowest BCUT2D eigenvalue weighted by molar-refractivity contribution is 0.0934. The second-order valence-corrected chi connectivity index (χ2v) is 6.16. The summed E-state index contributed by atoms with van der Waals surface area (Å²) in [7, 11) is 0. The Bertz CT molecular complexity index is 568. The normalized spacial score (nSPS) is 12.2. The molecule has 20 heavy (non-hydrogen) atoms. The highest BCUT2D eigenvalue weighted by atomic mass is 35.5. The quantitative estimate of drug-likeness (QED) is 0.888. The number of nitrogens with one attached hydrogen (secondary N) is 1. The fourth-order valence-corrected chi connectivity index (χ4v) is 2.93. The van der Waals surface area contributed by atoms with E-state index < -0.39 is 0 Å². The van der Waals surface area contributed by atoms with Gasteiger partial charge in [-0.1, -0.05) is 13.8 Å². The molecule has 1 heterocycles. The van der Waals surface area contributed by atoms with Crippen molar-refractivity contribution in [3.05, 3.63) is 35.2 Å². The van der Waals surface area contributed by atoms with Crippen LogP contribution in [0.15, 0.2) is 29.6 Å². The lowest BCUT2D eigenvalue weighted by atomic mass is 10.0. The number of benzene rings is 1. The van der Waals surface area contributed by atoms with E-state index >= 15 is 0 Å². The van der Waals surface area contributed by atoms with Gasteiger partial charge in [0.1, 0.15) is 0 Å². The van der Waals surface area contributed by atoms with Gasteiger partial charge in [-0.15, -0.1) is 23.7 Å². The van der Waals surface area contributed by atoms with E-state index in [0.717, 1.165) is 11.8 Å². The van der Waals surface area contributed by atoms with Crippen LogP contribution >= 0.6 is 23.7 Å². The predicted molar refractivity (Wildman–Crippen MR) is 88.8 cm³/mol. The van der Waals surface area contributed by atoms with Gasteiger partial charge in [0.2, 0.25) is 0 Å². The SMILES string of the molecule is CC(C)CC(CN)NC(=O)c1ccc2sccc2c1.Cl. The first-order valence-electron chi connectivity index (χ1n) is 6.58. The number of hydrogen-bond acceptors (Lipinski definition) is 3. The van der Waals surface area contributed by atoms with Gasteiger partial charge in [-0.2, -0.15) is 0 Å². The maximum atomic E-state index is 12.2. The van der Waals surface area contributed by atoms with Crippen molar-refractivity contribution in [1.82, 2.24) is 5.32 Å². The number of fused-ring (bicyclic) bond motifs is 1. The van der Waals surface area contributed by atoms with Crippen LogP contribution in [0.5, 0.6) is 0 Å². The van der Waals surface area contributed by atoms with E-state index in [-0.39, 0.29) is 24.4 Å². The van der Waals surface area contributed by atoms with Crippen molar-refractivity contribution in [3.8, 4) is 0 Å². The molecule has 3 N–H and O–H groups in total. The summed E-state index contributed by atoms with van der Waals surface area (Å²) in [4.78, 5) is 12.2. The van der Waals surface area contributed by atoms with Gasteiger partial charge >= 0.3 is 0 Å². The van der Waals surface area contributed by atoms with Gasteiger partial charge in [-0.05, 0) is 47.4 Å². The van der Waals surface area contributed by atoms with Gasteiger partial charge in [0.05, 0.1) is 0 Å². The highest BCUT2D eigenvalue weighted by Crippen LogP contribution is 2.21. The first-order valence-corrected chi connectivity index (χ1v) is 7.46. The molecule has 2 rings (SSSR count). The minimum atomic E-state index is -0.0378. The summed E-state index contributed by atoms with van der Waals surface area (Å²) >= 11 is 1.68. The number of rotatable bonds is 5. The Kier molecular flexibility index (Phi) is 6.46. The van der Waals surface area contributed by atoms with Crippen molar-refractivity contribution in [1.29, 1.82) is 0 Å². The summed E-state index contributed by atoms with van der Waals surface area (Å²) in [5, 5.41) is 6.16. The highest BCUT2D eigenvalue weighted by Gasteiger charge is 2.14. The Labute approximate surface area is 130 Å². The Morgan fingerprint density at radius 3 is 2.75 bits per heavy atom. The third-order valence-electron chi connectivity index (χ3n) is 3.09. The van der Waals surface area contributed by atoms with Crippen molar-refractivity contribution < 1.29 is 4.79 Å². The summed E-state index contributed by atoms with van der Waals surface area (Å²) in [6, 6.07) is 7.88. The average molecular weight is 313 g/mol.